The molecule has 1 saturated heterocycles. The van der Waals surface area contributed by atoms with Crippen molar-refractivity contribution >= 4 is 20.3 Å². The van der Waals surface area contributed by atoms with Crippen molar-refractivity contribution in [2.45, 2.75) is 38.9 Å². The average Bonchev–Trinajstić information content (AvgIpc) is 2.78. The molecule has 1 aliphatic heterocycles. The molecule has 0 spiro atoms. The molecule has 1 heterocycles. The van der Waals surface area contributed by atoms with Crippen LogP contribution >= 0.6 is 0 Å². The van der Waals surface area contributed by atoms with E-state index in [9.17, 15) is 9.59 Å². The van der Waals surface area contributed by atoms with Crippen LogP contribution in [0.15, 0.2) is 0 Å². The van der Waals surface area contributed by atoms with Gasteiger partial charge >= 0.3 is 6.09 Å². The fourth-order valence-electron chi connectivity index (χ4n) is 1.97. The van der Waals surface area contributed by atoms with Crippen LogP contribution in [0.1, 0.15) is 20.8 Å². The molecule has 1 fully saturated rings. The number of amides is 2. The Balaban J connectivity index is 2.49. The normalized spacial score (nSPS) is 16.2. The quantitative estimate of drug-likeness (QED) is 0.684. The summed E-state index contributed by atoms with van der Waals surface area (Å²) in [6, 6.07) is 2.99. The molecule has 17 heavy (non-hydrogen) atoms. The lowest BCUT2D eigenvalue weighted by Gasteiger charge is -2.28. The molecule has 2 amide bonds. The number of rotatable bonds is 6. The Morgan fingerprint density at radius 1 is 1.35 bits per heavy atom. The van der Waals surface area contributed by atoms with Gasteiger partial charge in [-0.2, -0.15) is 0 Å². The third-order valence-corrected chi connectivity index (χ3v) is 8.12. The van der Waals surface area contributed by atoms with Crippen LogP contribution in [0.25, 0.3) is 0 Å². The topological polar surface area (TPSA) is 55.8 Å². The molecule has 98 valence electrons. The van der Waals surface area contributed by atoms with Crippen molar-refractivity contribution in [2.75, 3.05) is 19.8 Å². The fraction of sp³-hybridized carbons (Fsp3) is 0.818. The molecule has 0 radical (unpaired) electrons. The molecule has 0 atom stereocenters. The third-order valence-electron chi connectivity index (χ3n) is 3.50. The van der Waals surface area contributed by atoms with Crippen molar-refractivity contribution in [1.82, 2.24) is 4.90 Å². The summed E-state index contributed by atoms with van der Waals surface area (Å²) >= 11 is 0. The second kappa shape index (κ2) is 6.16. The van der Waals surface area contributed by atoms with Crippen LogP contribution in [0.3, 0.4) is 0 Å². The van der Waals surface area contributed by atoms with Gasteiger partial charge in [0.25, 0.3) is 5.91 Å². The molecule has 0 unspecified atom stereocenters. The first-order chi connectivity index (χ1) is 8.08. The SMILES string of the molecule is CC[Si](CC)(CC)OCC(=O)N1CCOC1=O. The van der Waals surface area contributed by atoms with E-state index in [0.29, 0.717) is 13.2 Å². The fourth-order valence-corrected chi connectivity index (χ4v) is 4.51. The highest BCUT2D eigenvalue weighted by Gasteiger charge is 2.33. The monoisotopic (exact) mass is 259 g/mol. The van der Waals surface area contributed by atoms with E-state index in [1.165, 1.54) is 0 Å². The summed E-state index contributed by atoms with van der Waals surface area (Å²) in [5.41, 5.74) is 0. The summed E-state index contributed by atoms with van der Waals surface area (Å²) in [4.78, 5) is 24.1. The highest BCUT2D eigenvalue weighted by atomic mass is 28.4. The van der Waals surface area contributed by atoms with Gasteiger partial charge in [-0.05, 0) is 18.1 Å². The van der Waals surface area contributed by atoms with Gasteiger partial charge in [0.1, 0.15) is 13.2 Å². The molecule has 0 bridgehead atoms. The van der Waals surface area contributed by atoms with E-state index >= 15 is 0 Å². The van der Waals surface area contributed by atoms with Gasteiger partial charge in [-0.25, -0.2) is 9.69 Å². The Kier molecular flexibility index (Phi) is 5.14. The minimum atomic E-state index is -1.75. The van der Waals surface area contributed by atoms with Crippen molar-refractivity contribution in [3.8, 4) is 0 Å². The molecular weight excluding hydrogens is 238 g/mol. The molecule has 6 heteroatoms. The predicted molar refractivity (Wildman–Crippen MR) is 66.2 cm³/mol. The number of carbonyl (C=O) groups is 2. The minimum absolute atomic E-state index is 0.0108. The summed E-state index contributed by atoms with van der Waals surface area (Å²) in [5.74, 6) is -0.278. The van der Waals surface area contributed by atoms with Gasteiger partial charge in [0.2, 0.25) is 0 Å². The maximum absolute atomic E-state index is 11.8. The van der Waals surface area contributed by atoms with E-state index in [0.717, 1.165) is 23.0 Å². The molecule has 1 rings (SSSR count). The van der Waals surface area contributed by atoms with Crippen LogP contribution in [0.2, 0.25) is 18.1 Å². The Hall–Kier alpha value is -0.883. The lowest BCUT2D eigenvalue weighted by atomic mass is 10.5. The minimum Gasteiger partial charge on any atom is -0.447 e. The van der Waals surface area contributed by atoms with Crippen molar-refractivity contribution in [3.05, 3.63) is 0 Å². The van der Waals surface area contributed by atoms with E-state index in [4.69, 9.17) is 9.16 Å². The predicted octanol–water partition coefficient (Wildman–Crippen LogP) is 1.99. The lowest BCUT2D eigenvalue weighted by molar-refractivity contribution is -0.130. The Labute approximate surface area is 103 Å². The summed E-state index contributed by atoms with van der Waals surface area (Å²) in [5, 5.41) is 0. The molecule has 0 aromatic carbocycles. The number of nitrogens with zero attached hydrogens (tertiary/aromatic N) is 1. The largest absolute Gasteiger partial charge is 0.447 e. The van der Waals surface area contributed by atoms with Crippen LogP contribution in [0, 0.1) is 0 Å². The van der Waals surface area contributed by atoms with Crippen molar-refractivity contribution in [2.24, 2.45) is 0 Å². The standard InChI is InChI=1S/C11H21NO4Si/c1-4-17(5-2,6-3)16-9-10(13)12-7-8-15-11(12)14/h4-9H2,1-3H3. The Bertz CT molecular complexity index is 283. The van der Waals surface area contributed by atoms with Gasteiger partial charge in [-0.1, -0.05) is 20.8 Å². The van der Waals surface area contributed by atoms with Crippen LogP contribution in [-0.4, -0.2) is 45.0 Å². The number of imide groups is 1. The zero-order valence-corrected chi connectivity index (χ0v) is 11.8. The molecule has 5 nitrogen and oxygen atoms in total. The van der Waals surface area contributed by atoms with Crippen LogP contribution in [0.5, 0.6) is 0 Å². The first kappa shape index (κ1) is 14.2. The smallest absolute Gasteiger partial charge is 0.416 e. The van der Waals surface area contributed by atoms with E-state index in [2.05, 4.69) is 20.8 Å². The molecule has 0 aliphatic carbocycles. The summed E-state index contributed by atoms with van der Waals surface area (Å²) in [6.07, 6.45) is -0.546. The molecule has 0 saturated carbocycles. The van der Waals surface area contributed by atoms with Crippen LogP contribution in [0.4, 0.5) is 4.79 Å². The first-order valence-electron chi connectivity index (χ1n) is 6.19. The van der Waals surface area contributed by atoms with Crippen molar-refractivity contribution in [3.63, 3.8) is 0 Å². The van der Waals surface area contributed by atoms with Gasteiger partial charge in [0, 0.05) is 0 Å². The molecule has 1 aliphatic rings. The van der Waals surface area contributed by atoms with Crippen molar-refractivity contribution < 1.29 is 18.8 Å². The summed E-state index contributed by atoms with van der Waals surface area (Å²) in [6.45, 7) is 6.97. The maximum Gasteiger partial charge on any atom is 0.416 e. The number of cyclic esters (lactones) is 1. The third kappa shape index (κ3) is 3.29. The Morgan fingerprint density at radius 2 is 1.94 bits per heavy atom. The van der Waals surface area contributed by atoms with E-state index in [1.807, 2.05) is 0 Å². The summed E-state index contributed by atoms with van der Waals surface area (Å²) in [7, 11) is -1.75. The van der Waals surface area contributed by atoms with Gasteiger partial charge in [-0.3, -0.25) is 4.79 Å². The first-order valence-corrected chi connectivity index (χ1v) is 8.72. The van der Waals surface area contributed by atoms with E-state index < -0.39 is 14.4 Å². The van der Waals surface area contributed by atoms with Crippen molar-refractivity contribution in [1.29, 1.82) is 0 Å². The second-order valence-corrected chi connectivity index (χ2v) is 8.97. The molecular formula is C11H21NO4Si. The van der Waals surface area contributed by atoms with Crippen LogP contribution < -0.4 is 0 Å². The second-order valence-electron chi connectivity index (χ2n) is 4.19. The number of carbonyl (C=O) groups excluding carboxylic acids is 2. The summed E-state index contributed by atoms with van der Waals surface area (Å²) < 4.78 is 10.6. The van der Waals surface area contributed by atoms with Gasteiger partial charge < -0.3 is 9.16 Å². The van der Waals surface area contributed by atoms with Gasteiger partial charge in [-0.15, -0.1) is 0 Å². The molecule has 0 aromatic rings. The zero-order valence-electron chi connectivity index (χ0n) is 10.8. The maximum atomic E-state index is 11.8. The number of hydrogen-bond acceptors (Lipinski definition) is 4. The molecule has 0 aromatic heterocycles. The Morgan fingerprint density at radius 3 is 2.35 bits per heavy atom. The van der Waals surface area contributed by atoms with E-state index in [1.54, 1.807) is 0 Å². The highest BCUT2D eigenvalue weighted by Crippen LogP contribution is 2.21. The number of ether oxygens (including phenoxy) is 1. The van der Waals surface area contributed by atoms with Crippen LogP contribution in [-0.2, 0) is 14.0 Å². The average molecular weight is 259 g/mol. The molecule has 0 N–H and O–H groups in total. The lowest BCUT2D eigenvalue weighted by Crippen LogP contribution is -2.42. The number of hydrogen-bond donors (Lipinski definition) is 0. The highest BCUT2D eigenvalue weighted by molar-refractivity contribution is 6.73. The van der Waals surface area contributed by atoms with Gasteiger partial charge in [0.15, 0.2) is 8.32 Å². The van der Waals surface area contributed by atoms with Gasteiger partial charge in [0.05, 0.1) is 6.54 Å². The van der Waals surface area contributed by atoms with E-state index in [-0.39, 0.29) is 12.5 Å². The zero-order chi connectivity index (χ0) is 12.9.